The highest BCUT2D eigenvalue weighted by Crippen LogP contribution is 2.16. The quantitative estimate of drug-likeness (QED) is 0.388. The van der Waals surface area contributed by atoms with Crippen LogP contribution in [0.1, 0.15) is 22.3 Å². The molecule has 29 heavy (non-hydrogen) atoms. The Morgan fingerprint density at radius 3 is 2.62 bits per heavy atom. The van der Waals surface area contributed by atoms with Crippen molar-refractivity contribution < 1.29 is 4.92 Å². The molecule has 0 atom stereocenters. The van der Waals surface area contributed by atoms with Gasteiger partial charge in [-0.3, -0.25) is 20.0 Å². The number of hydrogen-bond donors (Lipinski definition) is 2. The van der Waals surface area contributed by atoms with E-state index in [1.807, 2.05) is 43.3 Å². The van der Waals surface area contributed by atoms with Gasteiger partial charge < -0.3 is 5.32 Å². The predicted octanol–water partition coefficient (Wildman–Crippen LogP) is 3.44. The fraction of sp³-hybridized carbons (Fsp3) is 0.143. The molecule has 0 amide bonds. The number of nitro groups is 1. The summed E-state index contributed by atoms with van der Waals surface area (Å²) in [5.41, 5.74) is 3.82. The van der Waals surface area contributed by atoms with Crippen molar-refractivity contribution >= 4 is 17.3 Å². The van der Waals surface area contributed by atoms with Crippen molar-refractivity contribution in [3.05, 3.63) is 103 Å². The first-order valence-corrected chi connectivity index (χ1v) is 9.13. The lowest BCUT2D eigenvalue weighted by Crippen LogP contribution is -2.20. The molecule has 2 aromatic carbocycles. The fourth-order valence-electron chi connectivity index (χ4n) is 3.25. The van der Waals surface area contributed by atoms with E-state index in [0.717, 1.165) is 16.7 Å². The topological polar surface area (TPSA) is 105 Å². The number of aryl methyl sites for hydroxylation is 1. The Morgan fingerprint density at radius 1 is 1.10 bits per heavy atom. The van der Waals surface area contributed by atoms with Crippen LogP contribution in [0.5, 0.6) is 0 Å². The second kappa shape index (κ2) is 7.59. The van der Waals surface area contributed by atoms with Gasteiger partial charge in [-0.2, -0.15) is 9.50 Å². The third-order valence-corrected chi connectivity index (χ3v) is 4.76. The van der Waals surface area contributed by atoms with Gasteiger partial charge in [0.2, 0.25) is 5.95 Å². The monoisotopic (exact) mass is 389 g/mol. The molecule has 0 saturated carbocycles. The summed E-state index contributed by atoms with van der Waals surface area (Å²) in [5.74, 6) is 0.421. The van der Waals surface area contributed by atoms with Crippen LogP contribution in [0.25, 0.3) is 5.65 Å². The molecule has 8 nitrogen and oxygen atoms in total. The Morgan fingerprint density at radius 2 is 1.86 bits per heavy atom. The van der Waals surface area contributed by atoms with Gasteiger partial charge in [-0.15, -0.1) is 0 Å². The van der Waals surface area contributed by atoms with Crippen LogP contribution < -0.4 is 10.9 Å². The number of aromatic amines is 1. The molecule has 8 heteroatoms. The highest BCUT2D eigenvalue weighted by molar-refractivity contribution is 5.48. The van der Waals surface area contributed by atoms with Crippen LogP contribution in [-0.4, -0.2) is 19.5 Å². The van der Waals surface area contributed by atoms with E-state index in [-0.39, 0.29) is 11.2 Å². The Kier molecular flexibility index (Phi) is 4.82. The van der Waals surface area contributed by atoms with E-state index in [0.29, 0.717) is 30.1 Å². The molecule has 0 bridgehead atoms. The molecule has 146 valence electrons. The summed E-state index contributed by atoms with van der Waals surface area (Å²) >= 11 is 0. The number of hydrogen-bond acceptors (Lipinski definition) is 5. The standard InChI is InChI=1S/C21H19N5O3/c1-14-10-19-23-21(22-13-16-8-5-9-17(11-16)26(28)29)24-25(19)20(27)18(14)12-15-6-3-2-4-7-15/h2-11H,12-13H2,1H3,(H2,22,23,24). The summed E-state index contributed by atoms with van der Waals surface area (Å²) in [6, 6.07) is 18.1. The number of nitrogens with one attached hydrogen (secondary N) is 2. The zero-order chi connectivity index (χ0) is 20.4. The number of H-pyrrole nitrogens is 1. The van der Waals surface area contributed by atoms with E-state index in [2.05, 4.69) is 15.4 Å². The largest absolute Gasteiger partial charge is 0.351 e. The van der Waals surface area contributed by atoms with Crippen LogP contribution in [-0.2, 0) is 13.0 Å². The second-order valence-corrected chi connectivity index (χ2v) is 6.82. The van der Waals surface area contributed by atoms with Crippen LogP contribution in [0.15, 0.2) is 65.5 Å². The van der Waals surface area contributed by atoms with Gasteiger partial charge in [0.15, 0.2) is 5.65 Å². The number of nitro benzene ring substituents is 1. The molecule has 2 N–H and O–H groups in total. The minimum absolute atomic E-state index is 0.0336. The number of rotatable bonds is 6. The number of fused-ring (bicyclic) bond motifs is 1. The Bertz CT molecular complexity index is 1240. The van der Waals surface area contributed by atoms with Crippen molar-refractivity contribution in [3.63, 3.8) is 0 Å². The predicted molar refractivity (Wildman–Crippen MR) is 110 cm³/mol. The molecule has 4 aromatic rings. The first kappa shape index (κ1) is 18.4. The summed E-state index contributed by atoms with van der Waals surface area (Å²) in [6.07, 6.45) is 0.546. The molecular formula is C21H19N5O3. The third-order valence-electron chi connectivity index (χ3n) is 4.76. The molecule has 4 rings (SSSR count). The van der Waals surface area contributed by atoms with E-state index < -0.39 is 4.92 Å². The van der Waals surface area contributed by atoms with E-state index in [4.69, 9.17) is 0 Å². The van der Waals surface area contributed by atoms with Crippen LogP contribution in [0.4, 0.5) is 11.6 Å². The Hall–Kier alpha value is -3.94. The number of aromatic nitrogens is 3. The minimum atomic E-state index is -0.429. The van der Waals surface area contributed by atoms with Gasteiger partial charge in [0, 0.05) is 30.7 Å². The molecule has 0 unspecified atom stereocenters. The van der Waals surface area contributed by atoms with Crippen LogP contribution in [0.3, 0.4) is 0 Å². The molecule has 0 aliphatic carbocycles. The number of pyridine rings is 1. The maximum absolute atomic E-state index is 12.9. The number of anilines is 1. The SMILES string of the molecule is Cc1cc2nc(NCc3cccc([N+](=O)[O-])c3)[nH]n2c(=O)c1Cc1ccccc1. The highest BCUT2D eigenvalue weighted by Gasteiger charge is 2.13. The summed E-state index contributed by atoms with van der Waals surface area (Å²) in [6.45, 7) is 2.25. The molecular weight excluding hydrogens is 370 g/mol. The van der Waals surface area contributed by atoms with Crippen molar-refractivity contribution in [2.24, 2.45) is 0 Å². The van der Waals surface area contributed by atoms with Gasteiger partial charge in [-0.25, -0.2) is 0 Å². The van der Waals surface area contributed by atoms with Crippen LogP contribution in [0.2, 0.25) is 0 Å². The van der Waals surface area contributed by atoms with Gasteiger partial charge in [-0.1, -0.05) is 42.5 Å². The maximum atomic E-state index is 12.9. The van der Waals surface area contributed by atoms with Crippen molar-refractivity contribution in [1.29, 1.82) is 0 Å². The van der Waals surface area contributed by atoms with Crippen LogP contribution in [0, 0.1) is 17.0 Å². The van der Waals surface area contributed by atoms with E-state index in [1.165, 1.54) is 16.6 Å². The lowest BCUT2D eigenvalue weighted by Gasteiger charge is -2.05. The minimum Gasteiger partial charge on any atom is -0.351 e. The van der Waals surface area contributed by atoms with Gasteiger partial charge >= 0.3 is 0 Å². The number of benzene rings is 2. The normalized spacial score (nSPS) is 10.9. The molecule has 0 saturated heterocycles. The maximum Gasteiger partial charge on any atom is 0.274 e. The zero-order valence-corrected chi connectivity index (χ0v) is 15.8. The van der Waals surface area contributed by atoms with E-state index in [1.54, 1.807) is 12.1 Å². The average molecular weight is 389 g/mol. The first-order chi connectivity index (χ1) is 14.0. The molecule has 2 heterocycles. The zero-order valence-electron chi connectivity index (χ0n) is 15.8. The summed E-state index contributed by atoms with van der Waals surface area (Å²) in [7, 11) is 0. The van der Waals surface area contributed by atoms with Gasteiger partial charge in [0.05, 0.1) is 4.92 Å². The van der Waals surface area contributed by atoms with Gasteiger partial charge in [0.25, 0.3) is 11.2 Å². The smallest absolute Gasteiger partial charge is 0.274 e. The lowest BCUT2D eigenvalue weighted by molar-refractivity contribution is -0.384. The van der Waals surface area contributed by atoms with Gasteiger partial charge in [0.1, 0.15) is 0 Å². The first-order valence-electron chi connectivity index (χ1n) is 9.13. The molecule has 0 fully saturated rings. The molecule has 0 radical (unpaired) electrons. The van der Waals surface area contributed by atoms with Crippen molar-refractivity contribution in [1.82, 2.24) is 14.6 Å². The fourth-order valence-corrected chi connectivity index (χ4v) is 3.25. The third kappa shape index (κ3) is 3.86. The summed E-state index contributed by atoms with van der Waals surface area (Å²) in [5, 5.41) is 17.0. The molecule has 0 spiro atoms. The van der Waals surface area contributed by atoms with Crippen molar-refractivity contribution in [3.8, 4) is 0 Å². The highest BCUT2D eigenvalue weighted by atomic mass is 16.6. The van der Waals surface area contributed by atoms with Gasteiger partial charge in [-0.05, 0) is 29.7 Å². The Balaban J connectivity index is 1.59. The van der Waals surface area contributed by atoms with Crippen molar-refractivity contribution in [2.75, 3.05) is 5.32 Å². The molecule has 2 aromatic heterocycles. The number of non-ortho nitro benzene ring substituents is 1. The van der Waals surface area contributed by atoms with Crippen LogP contribution >= 0.6 is 0 Å². The van der Waals surface area contributed by atoms with E-state index >= 15 is 0 Å². The average Bonchev–Trinajstić information content (AvgIpc) is 3.13. The lowest BCUT2D eigenvalue weighted by atomic mass is 10.0. The molecule has 0 aliphatic heterocycles. The van der Waals surface area contributed by atoms with E-state index in [9.17, 15) is 14.9 Å². The summed E-state index contributed by atoms with van der Waals surface area (Å²) < 4.78 is 1.42. The number of nitrogens with zero attached hydrogens (tertiary/aromatic N) is 3. The Labute approximate surface area is 166 Å². The molecule has 0 aliphatic rings. The summed E-state index contributed by atoms with van der Waals surface area (Å²) in [4.78, 5) is 27.8. The van der Waals surface area contributed by atoms with Crippen molar-refractivity contribution in [2.45, 2.75) is 19.9 Å². The second-order valence-electron chi connectivity index (χ2n) is 6.82.